The molecule has 2 aromatic rings. The fourth-order valence-corrected chi connectivity index (χ4v) is 2.80. The van der Waals surface area contributed by atoms with Crippen molar-refractivity contribution < 1.29 is 14.7 Å². The van der Waals surface area contributed by atoms with Gasteiger partial charge in [0.15, 0.2) is 6.04 Å². The van der Waals surface area contributed by atoms with Gasteiger partial charge in [0, 0.05) is 18.2 Å². The molecule has 0 saturated heterocycles. The average molecular weight is 354 g/mol. The summed E-state index contributed by atoms with van der Waals surface area (Å²) in [6.45, 7) is 8.20. The Morgan fingerprint density at radius 1 is 1.04 bits per heavy atom. The Morgan fingerprint density at radius 2 is 1.65 bits per heavy atom. The van der Waals surface area contributed by atoms with E-state index in [1.54, 1.807) is 42.5 Å². The molecule has 2 rings (SSSR count). The van der Waals surface area contributed by atoms with Gasteiger partial charge in [-0.2, -0.15) is 0 Å². The molecule has 0 radical (unpaired) electrons. The van der Waals surface area contributed by atoms with Crippen LogP contribution in [-0.2, 0) is 11.3 Å². The third kappa shape index (κ3) is 5.17. The monoisotopic (exact) mass is 354 g/mol. The lowest BCUT2D eigenvalue weighted by atomic mass is 10.1. The van der Waals surface area contributed by atoms with Crippen LogP contribution in [0.3, 0.4) is 0 Å². The van der Waals surface area contributed by atoms with Gasteiger partial charge in [-0.3, -0.25) is 9.69 Å². The van der Waals surface area contributed by atoms with E-state index in [2.05, 4.69) is 31.0 Å². The maximum absolute atomic E-state index is 12.4. The molecule has 0 heterocycles. The number of rotatable bonds is 8. The van der Waals surface area contributed by atoms with Crippen molar-refractivity contribution in [1.29, 1.82) is 0 Å². The van der Waals surface area contributed by atoms with E-state index in [9.17, 15) is 14.7 Å². The smallest absolute Gasteiger partial charge is 0.330 e. The summed E-state index contributed by atoms with van der Waals surface area (Å²) in [5, 5.41) is 12.0. The second-order valence-electron chi connectivity index (χ2n) is 6.51. The highest BCUT2D eigenvalue weighted by Gasteiger charge is 2.22. The molecule has 5 heteroatoms. The van der Waals surface area contributed by atoms with E-state index in [1.165, 1.54) is 0 Å². The van der Waals surface area contributed by atoms with Crippen LogP contribution in [0.5, 0.6) is 0 Å². The number of carbonyl (C=O) groups is 2. The summed E-state index contributed by atoms with van der Waals surface area (Å²) in [7, 11) is 0. The van der Waals surface area contributed by atoms with E-state index in [-0.39, 0.29) is 0 Å². The maximum atomic E-state index is 12.4. The summed E-state index contributed by atoms with van der Waals surface area (Å²) >= 11 is 0. The van der Waals surface area contributed by atoms with Crippen molar-refractivity contribution in [2.75, 3.05) is 6.54 Å². The van der Waals surface area contributed by atoms with E-state index in [0.717, 1.165) is 18.7 Å². The Kier molecular flexibility index (Phi) is 6.92. The molecule has 0 aromatic heterocycles. The van der Waals surface area contributed by atoms with E-state index in [1.807, 2.05) is 12.1 Å². The van der Waals surface area contributed by atoms with Crippen LogP contribution in [0.25, 0.3) is 0 Å². The standard InChI is InChI=1S/C21H26N2O3/c1-4-23(15(2)3)14-16-10-12-18(13-11-16)20(24)22-19(21(25)26)17-8-6-5-7-9-17/h5-13,15,19H,4,14H2,1-3H3,(H,22,24)(H,25,26)/t19-/m1/s1. The number of carbonyl (C=O) groups excluding carboxylic acids is 1. The first kappa shape index (κ1) is 19.7. The van der Waals surface area contributed by atoms with Gasteiger partial charge in [-0.1, -0.05) is 49.4 Å². The van der Waals surface area contributed by atoms with Gasteiger partial charge in [0.2, 0.25) is 0 Å². The van der Waals surface area contributed by atoms with Crippen LogP contribution in [0.2, 0.25) is 0 Å². The Balaban J connectivity index is 2.08. The quantitative estimate of drug-likeness (QED) is 0.761. The van der Waals surface area contributed by atoms with Crippen LogP contribution in [0.4, 0.5) is 0 Å². The van der Waals surface area contributed by atoms with Crippen LogP contribution in [-0.4, -0.2) is 34.5 Å². The fourth-order valence-electron chi connectivity index (χ4n) is 2.80. The molecule has 0 spiro atoms. The van der Waals surface area contributed by atoms with E-state index in [4.69, 9.17) is 0 Å². The lowest BCUT2D eigenvalue weighted by Gasteiger charge is -2.24. The van der Waals surface area contributed by atoms with Crippen molar-refractivity contribution in [3.05, 3.63) is 71.3 Å². The fraction of sp³-hybridized carbons (Fsp3) is 0.333. The minimum atomic E-state index is -1.09. The highest BCUT2D eigenvalue weighted by Crippen LogP contribution is 2.15. The Bertz CT molecular complexity index is 727. The molecule has 0 bridgehead atoms. The maximum Gasteiger partial charge on any atom is 0.330 e. The summed E-state index contributed by atoms with van der Waals surface area (Å²) in [6, 6.07) is 15.4. The predicted octanol–water partition coefficient (Wildman–Crippen LogP) is 3.47. The molecule has 2 aromatic carbocycles. The molecular weight excluding hydrogens is 328 g/mol. The number of hydrogen-bond acceptors (Lipinski definition) is 3. The first-order valence-electron chi connectivity index (χ1n) is 8.84. The van der Waals surface area contributed by atoms with E-state index < -0.39 is 17.9 Å². The zero-order chi connectivity index (χ0) is 19.1. The summed E-state index contributed by atoms with van der Waals surface area (Å²) in [5.41, 5.74) is 2.11. The second kappa shape index (κ2) is 9.15. The topological polar surface area (TPSA) is 69.6 Å². The van der Waals surface area contributed by atoms with Crippen LogP contribution in [0.1, 0.15) is 48.3 Å². The molecule has 0 fully saturated rings. The van der Waals surface area contributed by atoms with Crippen molar-refractivity contribution in [1.82, 2.24) is 10.2 Å². The first-order valence-corrected chi connectivity index (χ1v) is 8.84. The predicted molar refractivity (Wildman–Crippen MR) is 102 cm³/mol. The Hall–Kier alpha value is -2.66. The summed E-state index contributed by atoms with van der Waals surface area (Å²) in [4.78, 5) is 26.3. The Morgan fingerprint density at radius 3 is 2.15 bits per heavy atom. The second-order valence-corrected chi connectivity index (χ2v) is 6.51. The number of carboxylic acids is 1. The molecule has 1 atom stereocenters. The first-order chi connectivity index (χ1) is 12.4. The summed E-state index contributed by atoms with van der Waals surface area (Å²) in [5.74, 6) is -1.49. The third-order valence-corrected chi connectivity index (χ3v) is 4.39. The molecule has 26 heavy (non-hydrogen) atoms. The van der Waals surface area contributed by atoms with Crippen molar-refractivity contribution >= 4 is 11.9 Å². The van der Waals surface area contributed by atoms with Gasteiger partial charge in [0.25, 0.3) is 5.91 Å². The van der Waals surface area contributed by atoms with Gasteiger partial charge < -0.3 is 10.4 Å². The van der Waals surface area contributed by atoms with E-state index in [0.29, 0.717) is 17.2 Å². The molecule has 0 aliphatic heterocycles. The molecule has 1 amide bonds. The van der Waals surface area contributed by atoms with Gasteiger partial charge in [-0.15, -0.1) is 0 Å². The largest absolute Gasteiger partial charge is 0.479 e. The number of amides is 1. The normalized spacial score (nSPS) is 12.2. The van der Waals surface area contributed by atoms with Gasteiger partial charge in [-0.05, 0) is 43.7 Å². The van der Waals surface area contributed by atoms with Crippen LogP contribution in [0, 0.1) is 0 Å². The van der Waals surface area contributed by atoms with Gasteiger partial charge in [0.1, 0.15) is 0 Å². The van der Waals surface area contributed by atoms with Crippen molar-refractivity contribution in [2.45, 2.75) is 39.4 Å². The molecule has 0 unspecified atom stereocenters. The third-order valence-electron chi connectivity index (χ3n) is 4.39. The molecule has 5 nitrogen and oxygen atoms in total. The minimum absolute atomic E-state index is 0.399. The lowest BCUT2D eigenvalue weighted by Crippen LogP contribution is -2.33. The van der Waals surface area contributed by atoms with Crippen molar-refractivity contribution in [3.63, 3.8) is 0 Å². The van der Waals surface area contributed by atoms with Crippen LogP contribution in [0.15, 0.2) is 54.6 Å². The number of hydrogen-bond donors (Lipinski definition) is 2. The minimum Gasteiger partial charge on any atom is -0.479 e. The molecule has 0 saturated carbocycles. The molecule has 0 aliphatic rings. The van der Waals surface area contributed by atoms with Gasteiger partial charge in [0.05, 0.1) is 0 Å². The molecule has 138 valence electrons. The number of nitrogens with zero attached hydrogens (tertiary/aromatic N) is 1. The Labute approximate surface area is 154 Å². The number of nitrogens with one attached hydrogen (secondary N) is 1. The SMILES string of the molecule is CCN(Cc1ccc(C(=O)N[C@@H](C(=O)O)c2ccccc2)cc1)C(C)C. The summed E-state index contributed by atoms with van der Waals surface area (Å²) in [6.07, 6.45) is 0. The highest BCUT2D eigenvalue weighted by atomic mass is 16.4. The average Bonchev–Trinajstić information content (AvgIpc) is 2.64. The van der Waals surface area contributed by atoms with E-state index >= 15 is 0 Å². The molecule has 0 aliphatic carbocycles. The molecule has 2 N–H and O–H groups in total. The number of carboxylic acid groups (broad SMARTS) is 1. The summed E-state index contributed by atoms with van der Waals surface area (Å²) < 4.78 is 0. The number of aliphatic carboxylic acids is 1. The molecular formula is C21H26N2O3. The zero-order valence-corrected chi connectivity index (χ0v) is 15.5. The van der Waals surface area contributed by atoms with Crippen LogP contribution < -0.4 is 5.32 Å². The zero-order valence-electron chi connectivity index (χ0n) is 15.5. The van der Waals surface area contributed by atoms with Crippen LogP contribution >= 0.6 is 0 Å². The number of benzene rings is 2. The van der Waals surface area contributed by atoms with Gasteiger partial charge >= 0.3 is 5.97 Å². The van der Waals surface area contributed by atoms with Crippen molar-refractivity contribution in [2.24, 2.45) is 0 Å². The lowest BCUT2D eigenvalue weighted by molar-refractivity contribution is -0.139. The highest BCUT2D eigenvalue weighted by molar-refractivity contribution is 5.96. The van der Waals surface area contributed by atoms with Crippen molar-refractivity contribution in [3.8, 4) is 0 Å². The van der Waals surface area contributed by atoms with Gasteiger partial charge in [-0.25, -0.2) is 4.79 Å².